The van der Waals surface area contributed by atoms with Crippen molar-refractivity contribution in [2.24, 2.45) is 40.4 Å². The van der Waals surface area contributed by atoms with Crippen LogP contribution < -0.4 is 0 Å². The minimum atomic E-state index is -0.664. The maximum absolute atomic E-state index is 11.9. The number of hydrogen-bond acceptors (Lipinski definition) is 2. The van der Waals surface area contributed by atoms with Crippen molar-refractivity contribution in [3.05, 3.63) is 23.8 Å². The second-order valence-corrected chi connectivity index (χ2v) is 10.2. The molecule has 0 aromatic carbocycles. The van der Waals surface area contributed by atoms with Gasteiger partial charge in [0.05, 0.1) is 0 Å². The third-order valence-corrected chi connectivity index (χ3v) is 9.13. The molecule has 0 saturated heterocycles. The van der Waals surface area contributed by atoms with Crippen LogP contribution in [-0.4, -0.2) is 16.9 Å². The summed E-state index contributed by atoms with van der Waals surface area (Å²) < 4.78 is 0. The van der Waals surface area contributed by atoms with E-state index in [1.165, 1.54) is 37.7 Å². The molecule has 3 heteroatoms. The largest absolute Gasteiger partial charge is 0.481 e. The molecule has 4 aliphatic rings. The number of ketones is 1. The highest BCUT2D eigenvalue weighted by Crippen LogP contribution is 2.67. The van der Waals surface area contributed by atoms with Crippen molar-refractivity contribution in [2.75, 3.05) is 0 Å². The molecular formula is C24H34O3. The van der Waals surface area contributed by atoms with Crippen molar-refractivity contribution in [3.8, 4) is 0 Å². The first-order valence-corrected chi connectivity index (χ1v) is 10.9. The molecule has 0 spiro atoms. The van der Waals surface area contributed by atoms with Crippen molar-refractivity contribution >= 4 is 11.8 Å². The zero-order chi connectivity index (χ0) is 19.4. The van der Waals surface area contributed by atoms with Crippen molar-refractivity contribution in [2.45, 2.75) is 72.1 Å². The molecule has 1 unspecified atom stereocenters. The first kappa shape index (κ1) is 19.0. The Morgan fingerprint density at radius 2 is 2.00 bits per heavy atom. The number of fused-ring (bicyclic) bond motifs is 5. The average Bonchev–Trinajstić information content (AvgIpc) is 2.97. The van der Waals surface area contributed by atoms with Crippen LogP contribution in [0.4, 0.5) is 0 Å². The monoisotopic (exact) mass is 370 g/mol. The predicted octanol–water partition coefficient (Wildman–Crippen LogP) is 5.41. The minimum absolute atomic E-state index is 0.0746. The van der Waals surface area contributed by atoms with Gasteiger partial charge in [-0.3, -0.25) is 9.59 Å². The van der Waals surface area contributed by atoms with E-state index in [0.29, 0.717) is 29.6 Å². The lowest BCUT2D eigenvalue weighted by Gasteiger charge is -2.57. The van der Waals surface area contributed by atoms with Gasteiger partial charge < -0.3 is 5.11 Å². The van der Waals surface area contributed by atoms with Crippen LogP contribution >= 0.6 is 0 Å². The SMILES string of the molecule is CC(CCC(=O)O)[C@H]1CC[C@H]2[C@@H]3CCC4=CC(=O)C=C[C@]4(C)[C@H]3CC[C@]12C. The summed E-state index contributed by atoms with van der Waals surface area (Å²) in [6, 6.07) is 0. The molecule has 4 aliphatic carbocycles. The molecule has 3 nitrogen and oxygen atoms in total. The number of carboxylic acids is 1. The first-order chi connectivity index (χ1) is 12.8. The molecule has 0 heterocycles. The van der Waals surface area contributed by atoms with E-state index in [2.05, 4.69) is 26.8 Å². The zero-order valence-corrected chi connectivity index (χ0v) is 17.0. The van der Waals surface area contributed by atoms with Crippen molar-refractivity contribution in [1.82, 2.24) is 0 Å². The summed E-state index contributed by atoms with van der Waals surface area (Å²) in [5.74, 6) is 2.83. The second kappa shape index (κ2) is 6.60. The summed E-state index contributed by atoms with van der Waals surface area (Å²) in [5.41, 5.74) is 1.81. The molecular weight excluding hydrogens is 336 g/mol. The number of hydrogen-bond donors (Lipinski definition) is 1. The highest BCUT2D eigenvalue weighted by molar-refractivity contribution is 6.01. The molecule has 1 N–H and O–H groups in total. The van der Waals surface area contributed by atoms with Gasteiger partial charge >= 0.3 is 5.97 Å². The summed E-state index contributed by atoms with van der Waals surface area (Å²) in [6.45, 7) is 7.16. The Morgan fingerprint density at radius 3 is 2.74 bits per heavy atom. The van der Waals surface area contributed by atoms with E-state index >= 15 is 0 Å². The molecule has 4 rings (SSSR count). The molecule has 0 aromatic rings. The van der Waals surface area contributed by atoms with Gasteiger partial charge in [-0.2, -0.15) is 0 Å². The second-order valence-electron chi connectivity index (χ2n) is 10.2. The summed E-state index contributed by atoms with van der Waals surface area (Å²) in [5, 5.41) is 9.08. The topological polar surface area (TPSA) is 54.4 Å². The number of carbonyl (C=O) groups is 2. The molecule has 0 bridgehead atoms. The molecule has 27 heavy (non-hydrogen) atoms. The van der Waals surface area contributed by atoms with Gasteiger partial charge in [0.2, 0.25) is 0 Å². The Morgan fingerprint density at radius 1 is 1.22 bits per heavy atom. The van der Waals surface area contributed by atoms with Gasteiger partial charge in [0.15, 0.2) is 5.78 Å². The average molecular weight is 371 g/mol. The van der Waals surface area contributed by atoms with Gasteiger partial charge in [0.1, 0.15) is 0 Å². The first-order valence-electron chi connectivity index (χ1n) is 10.9. The Kier molecular flexibility index (Phi) is 4.63. The van der Waals surface area contributed by atoms with Crippen molar-refractivity contribution in [1.29, 1.82) is 0 Å². The van der Waals surface area contributed by atoms with E-state index in [4.69, 9.17) is 5.11 Å². The quantitative estimate of drug-likeness (QED) is 0.720. The van der Waals surface area contributed by atoms with Crippen LogP contribution in [0.1, 0.15) is 72.1 Å². The van der Waals surface area contributed by atoms with Crippen LogP contribution in [0.15, 0.2) is 23.8 Å². The number of allylic oxidation sites excluding steroid dienone is 4. The highest BCUT2D eigenvalue weighted by Gasteiger charge is 2.58. The van der Waals surface area contributed by atoms with Gasteiger partial charge in [-0.25, -0.2) is 0 Å². The van der Waals surface area contributed by atoms with E-state index < -0.39 is 5.97 Å². The minimum Gasteiger partial charge on any atom is -0.481 e. The van der Waals surface area contributed by atoms with E-state index in [1.807, 2.05) is 6.08 Å². The Bertz CT molecular complexity index is 704. The smallest absolute Gasteiger partial charge is 0.303 e. The Balaban J connectivity index is 1.56. The van der Waals surface area contributed by atoms with Crippen LogP contribution in [0.5, 0.6) is 0 Å². The zero-order valence-electron chi connectivity index (χ0n) is 17.0. The third-order valence-electron chi connectivity index (χ3n) is 9.13. The maximum Gasteiger partial charge on any atom is 0.303 e. The Labute approximate surface area is 163 Å². The van der Waals surface area contributed by atoms with Gasteiger partial charge in [-0.15, -0.1) is 0 Å². The van der Waals surface area contributed by atoms with Gasteiger partial charge in [0.25, 0.3) is 0 Å². The molecule has 3 saturated carbocycles. The van der Waals surface area contributed by atoms with Crippen LogP contribution in [0.3, 0.4) is 0 Å². The fraction of sp³-hybridized carbons (Fsp3) is 0.750. The lowest BCUT2D eigenvalue weighted by atomic mass is 9.47. The van der Waals surface area contributed by atoms with Crippen molar-refractivity contribution < 1.29 is 14.7 Å². The number of rotatable bonds is 4. The maximum atomic E-state index is 11.9. The highest BCUT2D eigenvalue weighted by atomic mass is 16.4. The van der Waals surface area contributed by atoms with Gasteiger partial charge in [0, 0.05) is 11.8 Å². The fourth-order valence-corrected chi connectivity index (χ4v) is 7.73. The third kappa shape index (κ3) is 2.93. The van der Waals surface area contributed by atoms with E-state index in [-0.39, 0.29) is 11.2 Å². The van der Waals surface area contributed by atoms with Crippen molar-refractivity contribution in [3.63, 3.8) is 0 Å². The lowest BCUT2D eigenvalue weighted by Crippen LogP contribution is -2.50. The predicted molar refractivity (Wildman–Crippen MR) is 106 cm³/mol. The number of carboxylic acid groups (broad SMARTS) is 1. The molecule has 0 radical (unpaired) electrons. The van der Waals surface area contributed by atoms with E-state index in [0.717, 1.165) is 24.7 Å². The summed E-state index contributed by atoms with van der Waals surface area (Å²) in [7, 11) is 0. The Hall–Kier alpha value is -1.38. The molecule has 0 amide bonds. The standard InChI is InChI=1S/C24H34O3/c1-15(4-9-22(26)27)19-7-8-20-18-6-5-16-14-17(25)10-12-23(16,2)21(18)11-13-24(19,20)3/h10,12,14-15,18-21H,4-9,11,13H2,1-3H3,(H,26,27)/t15?,18-,19+,20-,21-,23-,24+/m0/s1. The molecule has 3 fully saturated rings. The number of carbonyl (C=O) groups excluding carboxylic acids is 1. The van der Waals surface area contributed by atoms with Gasteiger partial charge in [-0.1, -0.05) is 32.4 Å². The lowest BCUT2D eigenvalue weighted by molar-refractivity contribution is -0.137. The van der Waals surface area contributed by atoms with E-state index in [1.54, 1.807) is 6.08 Å². The molecule has 7 atom stereocenters. The molecule has 0 aromatic heterocycles. The summed E-state index contributed by atoms with van der Waals surface area (Å²) in [4.78, 5) is 22.9. The van der Waals surface area contributed by atoms with Crippen LogP contribution in [0, 0.1) is 40.4 Å². The van der Waals surface area contributed by atoms with Gasteiger partial charge in [-0.05, 0) is 92.1 Å². The summed E-state index contributed by atoms with van der Waals surface area (Å²) in [6.07, 6.45) is 14.4. The molecule has 148 valence electrons. The molecule has 0 aliphatic heterocycles. The fourth-order valence-electron chi connectivity index (χ4n) is 7.73. The number of aliphatic carboxylic acids is 1. The van der Waals surface area contributed by atoms with Crippen LogP contribution in [0.2, 0.25) is 0 Å². The normalized spacial score (nSPS) is 44.1. The van der Waals surface area contributed by atoms with E-state index in [9.17, 15) is 9.59 Å². The van der Waals surface area contributed by atoms with Crippen LogP contribution in [-0.2, 0) is 9.59 Å². The summed E-state index contributed by atoms with van der Waals surface area (Å²) >= 11 is 0. The van der Waals surface area contributed by atoms with Crippen LogP contribution in [0.25, 0.3) is 0 Å².